The van der Waals surface area contributed by atoms with Crippen molar-refractivity contribution in [2.75, 3.05) is 6.61 Å². The number of carbonyl (C=O) groups is 2. The van der Waals surface area contributed by atoms with Gasteiger partial charge in [-0.3, -0.25) is 9.59 Å². The summed E-state index contributed by atoms with van der Waals surface area (Å²) in [5, 5.41) is 11.7. The highest BCUT2D eigenvalue weighted by Gasteiger charge is 2.33. The van der Waals surface area contributed by atoms with E-state index in [1.807, 2.05) is 0 Å². The molecule has 0 aromatic heterocycles. The molecule has 5 nitrogen and oxygen atoms in total. The molecule has 2 rings (SSSR count). The molecule has 20 heavy (non-hydrogen) atoms. The average molecular weight is 281 g/mol. The highest BCUT2D eigenvalue weighted by molar-refractivity contribution is 5.79. The van der Waals surface area contributed by atoms with Crippen LogP contribution in [0.25, 0.3) is 0 Å². The Balaban J connectivity index is 1.82. The zero-order valence-corrected chi connectivity index (χ0v) is 10.8. The molecule has 1 aliphatic carbocycles. The summed E-state index contributed by atoms with van der Waals surface area (Å²) in [4.78, 5) is 22.7. The molecule has 1 amide bonds. The Morgan fingerprint density at radius 1 is 1.40 bits per heavy atom. The van der Waals surface area contributed by atoms with Gasteiger partial charge in [-0.1, -0.05) is 12.5 Å². The fourth-order valence-corrected chi connectivity index (χ4v) is 2.38. The molecule has 1 saturated carbocycles. The van der Waals surface area contributed by atoms with Crippen LogP contribution in [-0.4, -0.2) is 29.6 Å². The zero-order valence-electron chi connectivity index (χ0n) is 10.8. The normalized spacial score (nSPS) is 21.4. The molecule has 108 valence electrons. The minimum atomic E-state index is -0.890. The van der Waals surface area contributed by atoms with E-state index in [-0.39, 0.29) is 18.4 Å². The van der Waals surface area contributed by atoms with E-state index in [2.05, 4.69) is 5.32 Å². The number of rotatable bonds is 5. The van der Waals surface area contributed by atoms with Gasteiger partial charge in [0.2, 0.25) is 0 Å². The van der Waals surface area contributed by atoms with E-state index in [1.165, 1.54) is 18.2 Å². The lowest BCUT2D eigenvalue weighted by Crippen LogP contribution is -2.42. The van der Waals surface area contributed by atoms with E-state index in [1.54, 1.807) is 6.07 Å². The molecule has 0 saturated heterocycles. The molecule has 6 heteroatoms. The summed E-state index contributed by atoms with van der Waals surface area (Å²) in [6, 6.07) is 5.15. The predicted molar refractivity (Wildman–Crippen MR) is 68.8 cm³/mol. The third kappa shape index (κ3) is 3.69. The van der Waals surface area contributed by atoms with Crippen molar-refractivity contribution in [3.05, 3.63) is 30.1 Å². The van der Waals surface area contributed by atoms with Crippen molar-refractivity contribution >= 4 is 11.9 Å². The van der Waals surface area contributed by atoms with Gasteiger partial charge < -0.3 is 15.2 Å². The number of hydrogen-bond donors (Lipinski definition) is 2. The Hall–Kier alpha value is -2.11. The lowest BCUT2D eigenvalue weighted by molar-refractivity contribution is -0.142. The van der Waals surface area contributed by atoms with E-state index in [4.69, 9.17) is 9.84 Å². The van der Waals surface area contributed by atoms with Gasteiger partial charge >= 0.3 is 5.97 Å². The molecule has 0 spiro atoms. The van der Waals surface area contributed by atoms with Gasteiger partial charge in [0.05, 0.1) is 5.92 Å². The molecule has 0 radical (unpaired) electrons. The van der Waals surface area contributed by atoms with E-state index in [0.29, 0.717) is 12.8 Å². The molecule has 0 heterocycles. The minimum absolute atomic E-state index is 0.258. The third-order valence-electron chi connectivity index (χ3n) is 3.35. The largest absolute Gasteiger partial charge is 0.484 e. The second kappa shape index (κ2) is 6.36. The number of amides is 1. The van der Waals surface area contributed by atoms with Crippen LogP contribution in [0.2, 0.25) is 0 Å². The Morgan fingerprint density at radius 2 is 2.20 bits per heavy atom. The fraction of sp³-hybridized carbons (Fsp3) is 0.429. The highest BCUT2D eigenvalue weighted by atomic mass is 19.1. The van der Waals surface area contributed by atoms with Crippen molar-refractivity contribution < 1.29 is 23.8 Å². The summed E-state index contributed by atoms with van der Waals surface area (Å²) >= 11 is 0. The van der Waals surface area contributed by atoms with E-state index in [9.17, 15) is 14.0 Å². The molecule has 2 atom stereocenters. The smallest absolute Gasteiger partial charge is 0.308 e. The van der Waals surface area contributed by atoms with Crippen LogP contribution in [-0.2, 0) is 9.59 Å². The van der Waals surface area contributed by atoms with Gasteiger partial charge in [-0.2, -0.15) is 0 Å². The van der Waals surface area contributed by atoms with Crippen molar-refractivity contribution in [1.82, 2.24) is 5.32 Å². The lowest BCUT2D eigenvalue weighted by Gasteiger charge is -2.17. The quantitative estimate of drug-likeness (QED) is 0.859. The van der Waals surface area contributed by atoms with Crippen molar-refractivity contribution in [2.24, 2.45) is 5.92 Å². The Bertz CT molecular complexity index is 506. The summed E-state index contributed by atoms with van der Waals surface area (Å²) < 4.78 is 18.1. The summed E-state index contributed by atoms with van der Waals surface area (Å²) in [6.45, 7) is -0.258. The van der Waals surface area contributed by atoms with Crippen molar-refractivity contribution in [2.45, 2.75) is 25.3 Å². The van der Waals surface area contributed by atoms with E-state index >= 15 is 0 Å². The number of carbonyl (C=O) groups excluding carboxylic acids is 1. The zero-order chi connectivity index (χ0) is 14.5. The lowest BCUT2D eigenvalue weighted by atomic mass is 10.0. The van der Waals surface area contributed by atoms with Crippen LogP contribution in [0, 0.1) is 11.7 Å². The van der Waals surface area contributed by atoms with E-state index in [0.717, 1.165) is 6.42 Å². The van der Waals surface area contributed by atoms with Gasteiger partial charge in [0.25, 0.3) is 5.91 Å². The van der Waals surface area contributed by atoms with Crippen LogP contribution < -0.4 is 10.1 Å². The molecule has 1 aromatic rings. The topological polar surface area (TPSA) is 75.6 Å². The van der Waals surface area contributed by atoms with Crippen LogP contribution in [0.3, 0.4) is 0 Å². The van der Waals surface area contributed by atoms with Crippen LogP contribution in [0.5, 0.6) is 5.75 Å². The van der Waals surface area contributed by atoms with Crippen LogP contribution in [0.1, 0.15) is 19.3 Å². The number of carboxylic acids is 1. The molecule has 2 N–H and O–H groups in total. The predicted octanol–water partition coefficient (Wildman–Crippen LogP) is 1.57. The number of hydrogen-bond acceptors (Lipinski definition) is 3. The maximum Gasteiger partial charge on any atom is 0.308 e. The number of ether oxygens (including phenoxy) is 1. The number of carboxylic acid groups (broad SMARTS) is 1. The van der Waals surface area contributed by atoms with Crippen molar-refractivity contribution in [3.63, 3.8) is 0 Å². The molecular formula is C14H16FNO4. The van der Waals surface area contributed by atoms with Gasteiger partial charge in [0.15, 0.2) is 6.61 Å². The highest BCUT2D eigenvalue weighted by Crippen LogP contribution is 2.25. The first-order chi connectivity index (χ1) is 9.56. The van der Waals surface area contributed by atoms with Crippen LogP contribution >= 0.6 is 0 Å². The number of benzene rings is 1. The summed E-state index contributed by atoms with van der Waals surface area (Å²) in [6.07, 6.45) is 2.01. The first kappa shape index (κ1) is 14.3. The first-order valence-corrected chi connectivity index (χ1v) is 6.47. The van der Waals surface area contributed by atoms with E-state index < -0.39 is 23.6 Å². The molecule has 0 bridgehead atoms. The monoisotopic (exact) mass is 281 g/mol. The van der Waals surface area contributed by atoms with Gasteiger partial charge in [0.1, 0.15) is 11.6 Å². The van der Waals surface area contributed by atoms with Gasteiger partial charge in [-0.25, -0.2) is 4.39 Å². The maximum absolute atomic E-state index is 12.9. The molecule has 1 fully saturated rings. The molecule has 1 aromatic carbocycles. The Labute approximate surface area is 115 Å². The first-order valence-electron chi connectivity index (χ1n) is 6.47. The van der Waals surface area contributed by atoms with Crippen molar-refractivity contribution in [3.8, 4) is 5.75 Å². The van der Waals surface area contributed by atoms with Crippen LogP contribution in [0.4, 0.5) is 4.39 Å². The number of halogens is 1. The summed E-state index contributed by atoms with van der Waals surface area (Å²) in [5.74, 6) is -2.00. The van der Waals surface area contributed by atoms with Crippen LogP contribution in [0.15, 0.2) is 24.3 Å². The maximum atomic E-state index is 12.9. The van der Waals surface area contributed by atoms with Crippen molar-refractivity contribution in [1.29, 1.82) is 0 Å². The fourth-order valence-electron chi connectivity index (χ4n) is 2.38. The Kier molecular flexibility index (Phi) is 4.55. The second-order valence-electron chi connectivity index (χ2n) is 4.80. The minimum Gasteiger partial charge on any atom is -0.484 e. The molecular weight excluding hydrogens is 265 g/mol. The number of aliphatic carboxylic acids is 1. The SMILES string of the molecule is O=C(COc1cccc(F)c1)NC1CCCC1C(=O)O. The molecule has 2 unspecified atom stereocenters. The van der Waals surface area contributed by atoms with Gasteiger partial charge in [-0.15, -0.1) is 0 Å². The molecule has 0 aliphatic heterocycles. The van der Waals surface area contributed by atoms with Gasteiger partial charge in [0, 0.05) is 12.1 Å². The average Bonchev–Trinajstić information content (AvgIpc) is 2.85. The second-order valence-corrected chi connectivity index (χ2v) is 4.80. The standard InChI is InChI=1S/C14H16FNO4/c15-9-3-1-4-10(7-9)20-8-13(17)16-12-6-2-5-11(12)14(18)19/h1,3-4,7,11-12H,2,5-6,8H2,(H,16,17)(H,18,19). The molecule has 1 aliphatic rings. The summed E-state index contributed by atoms with van der Waals surface area (Å²) in [7, 11) is 0. The third-order valence-corrected chi connectivity index (χ3v) is 3.35. The van der Waals surface area contributed by atoms with Gasteiger partial charge in [-0.05, 0) is 25.0 Å². The number of nitrogens with one attached hydrogen (secondary N) is 1. The Morgan fingerprint density at radius 3 is 2.90 bits per heavy atom. The summed E-state index contributed by atoms with van der Waals surface area (Å²) in [5.41, 5.74) is 0.